The Morgan fingerprint density at radius 2 is 1.40 bits per heavy atom. The Morgan fingerprint density at radius 3 is 1.93 bits per heavy atom. The van der Waals surface area contributed by atoms with Crippen molar-refractivity contribution in [2.45, 2.75) is 37.1 Å². The predicted molar refractivity (Wildman–Crippen MR) is 167 cm³/mol. The topological polar surface area (TPSA) is 91.8 Å². The summed E-state index contributed by atoms with van der Waals surface area (Å²) < 4.78 is 40.3. The molecule has 6 rings (SSSR count). The number of benzene rings is 4. The number of halogens is 1. The monoisotopic (exact) mass is 608 g/mol. The molecule has 230 valence electrons. The van der Waals surface area contributed by atoms with Crippen molar-refractivity contribution in [2.24, 2.45) is 0 Å². The molecule has 8 nitrogen and oxygen atoms in total. The third kappa shape index (κ3) is 6.37. The maximum absolute atomic E-state index is 14.3. The van der Waals surface area contributed by atoms with Crippen LogP contribution >= 0.6 is 0 Å². The Labute approximate surface area is 259 Å². The van der Waals surface area contributed by atoms with Crippen LogP contribution in [0.1, 0.15) is 34.9 Å². The first-order valence-electron chi connectivity index (χ1n) is 14.7. The molecule has 0 spiro atoms. The molecule has 0 saturated carbocycles. The SMILES string of the molecule is COc1ccc(CO[C@H]2C[C@H](n3cc(F)c(=O)[nH]c3=O)O[C@@H]2COC(c2ccccc2)(c2ccccc2)c2ccccc2)cc1. The molecule has 3 atom stereocenters. The second kappa shape index (κ2) is 13.4. The molecule has 1 fully saturated rings. The Bertz CT molecular complexity index is 1710. The van der Waals surface area contributed by atoms with Gasteiger partial charge in [0.1, 0.15) is 23.7 Å². The molecule has 0 bridgehead atoms. The number of nitrogens with zero attached hydrogens (tertiary/aromatic N) is 1. The quantitative estimate of drug-likeness (QED) is 0.197. The molecule has 1 N–H and O–H groups in total. The largest absolute Gasteiger partial charge is 0.497 e. The summed E-state index contributed by atoms with van der Waals surface area (Å²) in [5.74, 6) is -0.349. The number of hydrogen-bond donors (Lipinski definition) is 1. The number of rotatable bonds is 11. The lowest BCUT2D eigenvalue weighted by atomic mass is 9.80. The standard InChI is InChI=1S/C36H33FN2O6/c1-42-29-19-17-25(18-20-29)23-43-31-21-33(39-22-30(37)34(40)38-35(39)41)45-32(31)24-44-36(26-11-5-2-6-12-26,27-13-7-3-8-14-27)28-15-9-4-10-16-28/h2-20,22,31-33H,21,23-24H2,1H3,(H,38,40,41)/t31-,32+,33+/m0/s1. The van der Waals surface area contributed by atoms with Crippen LogP contribution < -0.4 is 16.0 Å². The van der Waals surface area contributed by atoms with Crippen molar-refractivity contribution < 1.29 is 23.3 Å². The number of methoxy groups -OCH3 is 1. The summed E-state index contributed by atoms with van der Waals surface area (Å²) >= 11 is 0. The van der Waals surface area contributed by atoms with Gasteiger partial charge in [0.25, 0.3) is 5.56 Å². The van der Waals surface area contributed by atoms with E-state index < -0.39 is 41.1 Å². The molecule has 4 aromatic carbocycles. The van der Waals surface area contributed by atoms with Crippen LogP contribution in [0, 0.1) is 5.82 Å². The number of aromatic amines is 1. The molecule has 0 aliphatic carbocycles. The van der Waals surface area contributed by atoms with E-state index in [1.54, 1.807) is 7.11 Å². The Morgan fingerprint density at radius 1 is 0.844 bits per heavy atom. The van der Waals surface area contributed by atoms with E-state index in [0.717, 1.165) is 38.8 Å². The number of aromatic nitrogens is 2. The van der Waals surface area contributed by atoms with Crippen LogP contribution in [0.5, 0.6) is 5.75 Å². The van der Waals surface area contributed by atoms with Gasteiger partial charge in [0.05, 0.1) is 32.6 Å². The van der Waals surface area contributed by atoms with Crippen LogP contribution in [0.15, 0.2) is 131 Å². The first-order chi connectivity index (χ1) is 22.0. The minimum atomic E-state index is -1.08. The van der Waals surface area contributed by atoms with Gasteiger partial charge in [0.2, 0.25) is 5.82 Å². The van der Waals surface area contributed by atoms with Gasteiger partial charge in [0.15, 0.2) is 0 Å². The van der Waals surface area contributed by atoms with Crippen LogP contribution in [0.3, 0.4) is 0 Å². The van der Waals surface area contributed by atoms with E-state index in [0.29, 0.717) is 0 Å². The minimum absolute atomic E-state index is 0.0725. The van der Waals surface area contributed by atoms with Crippen molar-refractivity contribution in [3.8, 4) is 5.75 Å². The number of nitrogens with one attached hydrogen (secondary N) is 1. The lowest BCUT2D eigenvalue weighted by molar-refractivity contribution is -0.106. The highest BCUT2D eigenvalue weighted by Crippen LogP contribution is 2.42. The summed E-state index contributed by atoms with van der Waals surface area (Å²) in [4.78, 5) is 26.4. The molecular formula is C36H33FN2O6. The molecule has 45 heavy (non-hydrogen) atoms. The van der Waals surface area contributed by atoms with Gasteiger partial charge in [-0.3, -0.25) is 14.3 Å². The Hall–Kier alpha value is -4.83. The van der Waals surface area contributed by atoms with Gasteiger partial charge in [-0.15, -0.1) is 0 Å². The average Bonchev–Trinajstić information content (AvgIpc) is 3.50. The van der Waals surface area contributed by atoms with Gasteiger partial charge in [0, 0.05) is 6.42 Å². The summed E-state index contributed by atoms with van der Waals surface area (Å²) in [6.07, 6.45) is -0.967. The molecular weight excluding hydrogens is 575 g/mol. The van der Waals surface area contributed by atoms with Gasteiger partial charge < -0.3 is 18.9 Å². The zero-order valence-corrected chi connectivity index (χ0v) is 24.7. The van der Waals surface area contributed by atoms with Gasteiger partial charge in [-0.1, -0.05) is 103 Å². The molecule has 1 aliphatic heterocycles. The summed E-state index contributed by atoms with van der Waals surface area (Å²) in [6.45, 7) is 0.334. The second-order valence-electron chi connectivity index (χ2n) is 10.8. The fourth-order valence-electron chi connectivity index (χ4n) is 5.77. The summed E-state index contributed by atoms with van der Waals surface area (Å²) in [7, 11) is 1.61. The molecule has 0 amide bonds. The third-order valence-corrected chi connectivity index (χ3v) is 8.04. The van der Waals surface area contributed by atoms with Gasteiger partial charge >= 0.3 is 5.69 Å². The first-order valence-corrected chi connectivity index (χ1v) is 14.7. The molecule has 1 saturated heterocycles. The maximum atomic E-state index is 14.3. The van der Waals surface area contributed by atoms with Crippen LogP contribution in [-0.2, 0) is 26.4 Å². The maximum Gasteiger partial charge on any atom is 0.330 e. The zero-order chi connectivity index (χ0) is 31.2. The van der Waals surface area contributed by atoms with Gasteiger partial charge in [-0.05, 0) is 34.4 Å². The van der Waals surface area contributed by atoms with Crippen molar-refractivity contribution in [3.63, 3.8) is 0 Å². The van der Waals surface area contributed by atoms with Crippen LogP contribution in [0.25, 0.3) is 0 Å². The van der Waals surface area contributed by atoms with E-state index in [2.05, 4.69) is 0 Å². The number of H-pyrrole nitrogens is 1. The van der Waals surface area contributed by atoms with E-state index in [9.17, 15) is 14.0 Å². The van der Waals surface area contributed by atoms with E-state index in [-0.39, 0.29) is 19.6 Å². The Balaban J connectivity index is 1.35. The van der Waals surface area contributed by atoms with Crippen LogP contribution in [-0.4, -0.2) is 35.5 Å². The van der Waals surface area contributed by atoms with Crippen molar-refractivity contribution in [1.29, 1.82) is 0 Å². The van der Waals surface area contributed by atoms with Crippen molar-refractivity contribution in [3.05, 3.63) is 170 Å². The summed E-state index contributed by atoms with van der Waals surface area (Å²) in [6, 6.07) is 37.4. The van der Waals surface area contributed by atoms with Gasteiger partial charge in [-0.2, -0.15) is 4.39 Å². The molecule has 2 heterocycles. The van der Waals surface area contributed by atoms with E-state index >= 15 is 0 Å². The normalized spacial score (nSPS) is 18.1. The molecule has 0 unspecified atom stereocenters. The number of ether oxygens (including phenoxy) is 4. The molecule has 1 aromatic heterocycles. The first kappa shape index (κ1) is 30.2. The molecule has 5 aromatic rings. The smallest absolute Gasteiger partial charge is 0.330 e. The van der Waals surface area contributed by atoms with Crippen molar-refractivity contribution >= 4 is 0 Å². The van der Waals surface area contributed by atoms with Crippen molar-refractivity contribution in [1.82, 2.24) is 9.55 Å². The van der Waals surface area contributed by atoms with Crippen molar-refractivity contribution in [2.75, 3.05) is 13.7 Å². The van der Waals surface area contributed by atoms with Crippen LogP contribution in [0.4, 0.5) is 4.39 Å². The molecule has 9 heteroatoms. The van der Waals surface area contributed by atoms with E-state index in [1.165, 1.54) is 0 Å². The van der Waals surface area contributed by atoms with Crippen LogP contribution in [0.2, 0.25) is 0 Å². The predicted octanol–water partition coefficient (Wildman–Crippen LogP) is 5.57. The number of hydrogen-bond acceptors (Lipinski definition) is 6. The molecule has 0 radical (unpaired) electrons. The highest BCUT2D eigenvalue weighted by Gasteiger charge is 2.43. The minimum Gasteiger partial charge on any atom is -0.497 e. The lowest BCUT2D eigenvalue weighted by Gasteiger charge is -2.37. The average molecular weight is 609 g/mol. The summed E-state index contributed by atoms with van der Waals surface area (Å²) in [5.41, 5.74) is 0.823. The zero-order valence-electron chi connectivity index (χ0n) is 24.7. The third-order valence-electron chi connectivity index (χ3n) is 8.04. The highest BCUT2D eigenvalue weighted by molar-refractivity contribution is 5.47. The van der Waals surface area contributed by atoms with Gasteiger partial charge in [-0.25, -0.2) is 4.79 Å². The highest BCUT2D eigenvalue weighted by atomic mass is 19.1. The molecule has 1 aliphatic rings. The van der Waals surface area contributed by atoms with E-state index in [1.807, 2.05) is 120 Å². The second-order valence-corrected chi connectivity index (χ2v) is 10.8. The fraction of sp³-hybridized carbons (Fsp3) is 0.222. The summed E-state index contributed by atoms with van der Waals surface area (Å²) in [5, 5.41) is 0. The fourth-order valence-corrected chi connectivity index (χ4v) is 5.77. The Kier molecular flexibility index (Phi) is 9.02. The lowest BCUT2D eigenvalue weighted by Crippen LogP contribution is -2.38. The van der Waals surface area contributed by atoms with E-state index in [4.69, 9.17) is 18.9 Å².